The Bertz CT molecular complexity index is 548. The summed E-state index contributed by atoms with van der Waals surface area (Å²) in [5, 5.41) is 0. The number of fused-ring (bicyclic) bond motifs is 5. The number of allylic oxidation sites excluding steroid dienone is 2. The van der Waals surface area contributed by atoms with Gasteiger partial charge in [0.05, 0.1) is 18.4 Å². The number of hydrogen-bond acceptors (Lipinski definition) is 2. The maximum absolute atomic E-state index is 12.5. The molecular weight excluding hydrogens is 238 g/mol. The van der Waals surface area contributed by atoms with Crippen LogP contribution in [0.4, 0.5) is 0 Å². The van der Waals surface area contributed by atoms with Crippen LogP contribution in [0.5, 0.6) is 0 Å². The maximum Gasteiger partial charge on any atom is 0.234 e. The van der Waals surface area contributed by atoms with Crippen LogP contribution in [-0.4, -0.2) is 16.7 Å². The Morgan fingerprint density at radius 1 is 0.947 bits per heavy atom. The quantitative estimate of drug-likeness (QED) is 0.597. The van der Waals surface area contributed by atoms with E-state index in [1.807, 2.05) is 30.3 Å². The molecule has 0 radical (unpaired) electrons. The van der Waals surface area contributed by atoms with Crippen LogP contribution < -0.4 is 0 Å². The lowest BCUT2D eigenvalue weighted by Gasteiger charge is -2.17. The molecule has 1 saturated carbocycles. The van der Waals surface area contributed by atoms with Crippen LogP contribution in [0.3, 0.4) is 0 Å². The number of benzene rings is 1. The van der Waals surface area contributed by atoms with E-state index in [2.05, 4.69) is 12.2 Å². The molecule has 2 aliphatic carbocycles. The van der Waals surface area contributed by atoms with Crippen molar-refractivity contribution < 1.29 is 9.59 Å². The summed E-state index contributed by atoms with van der Waals surface area (Å²) in [6.07, 6.45) is 5.25. The number of imide groups is 1. The lowest BCUT2D eigenvalue weighted by molar-refractivity contribution is -0.141. The van der Waals surface area contributed by atoms with Crippen LogP contribution in [0.1, 0.15) is 12.0 Å². The second kappa shape index (κ2) is 3.80. The van der Waals surface area contributed by atoms with Crippen molar-refractivity contribution >= 4 is 11.8 Å². The first-order valence-electron chi connectivity index (χ1n) is 6.83. The highest BCUT2D eigenvalue weighted by molar-refractivity contribution is 6.06. The molecule has 0 aromatic heterocycles. The standard InChI is InChI=1S/C16H15NO2/c18-15-13-11-6-7-12(8-11)14(13)16(19)17(15)9-10-4-2-1-3-5-10/h1-7,11-14H,8-9H2/t11-,12+,13+,14?/m1/s1. The minimum absolute atomic E-state index is 0.0377. The van der Waals surface area contributed by atoms with Crippen molar-refractivity contribution in [3.8, 4) is 0 Å². The predicted molar refractivity (Wildman–Crippen MR) is 69.7 cm³/mol. The molecule has 96 valence electrons. The van der Waals surface area contributed by atoms with Gasteiger partial charge in [-0.15, -0.1) is 0 Å². The van der Waals surface area contributed by atoms with E-state index in [-0.39, 0.29) is 23.7 Å². The Hall–Kier alpha value is -1.90. The van der Waals surface area contributed by atoms with Gasteiger partial charge in [-0.3, -0.25) is 14.5 Å². The first-order valence-corrected chi connectivity index (χ1v) is 6.83. The third-order valence-electron chi connectivity index (χ3n) is 4.75. The van der Waals surface area contributed by atoms with Crippen LogP contribution in [0, 0.1) is 23.7 Å². The molecule has 2 amide bonds. The second-order valence-electron chi connectivity index (χ2n) is 5.75. The van der Waals surface area contributed by atoms with Gasteiger partial charge in [-0.05, 0) is 23.8 Å². The molecule has 0 N–H and O–H groups in total. The van der Waals surface area contributed by atoms with Gasteiger partial charge >= 0.3 is 0 Å². The molecule has 1 unspecified atom stereocenters. The van der Waals surface area contributed by atoms with Crippen molar-refractivity contribution in [3.05, 3.63) is 48.0 Å². The molecule has 4 rings (SSSR count). The molecule has 19 heavy (non-hydrogen) atoms. The molecule has 1 aromatic rings. The van der Waals surface area contributed by atoms with E-state index >= 15 is 0 Å². The maximum atomic E-state index is 12.5. The van der Waals surface area contributed by atoms with E-state index < -0.39 is 0 Å². The summed E-state index contributed by atoms with van der Waals surface area (Å²) >= 11 is 0. The number of rotatable bonds is 2. The van der Waals surface area contributed by atoms with Gasteiger partial charge in [-0.1, -0.05) is 42.5 Å². The molecule has 0 spiro atoms. The molecule has 3 heteroatoms. The molecule has 3 aliphatic rings. The van der Waals surface area contributed by atoms with E-state index in [0.29, 0.717) is 18.4 Å². The van der Waals surface area contributed by atoms with Crippen LogP contribution in [0.25, 0.3) is 0 Å². The van der Waals surface area contributed by atoms with Gasteiger partial charge < -0.3 is 0 Å². The Kier molecular flexibility index (Phi) is 2.19. The highest BCUT2D eigenvalue weighted by Gasteiger charge is 2.58. The summed E-state index contributed by atoms with van der Waals surface area (Å²) in [6.45, 7) is 0.422. The van der Waals surface area contributed by atoms with Crippen LogP contribution >= 0.6 is 0 Å². The summed E-state index contributed by atoms with van der Waals surface area (Å²) in [5.41, 5.74) is 1.02. The van der Waals surface area contributed by atoms with Gasteiger partial charge in [0.1, 0.15) is 0 Å². The second-order valence-corrected chi connectivity index (χ2v) is 5.75. The number of hydrogen-bond donors (Lipinski definition) is 0. The molecular formula is C16H15NO2. The van der Waals surface area contributed by atoms with Crippen molar-refractivity contribution in [1.29, 1.82) is 0 Å². The fraction of sp³-hybridized carbons (Fsp3) is 0.375. The van der Waals surface area contributed by atoms with Gasteiger partial charge in [0.15, 0.2) is 0 Å². The van der Waals surface area contributed by atoms with Crippen molar-refractivity contribution in [3.63, 3.8) is 0 Å². The van der Waals surface area contributed by atoms with Gasteiger partial charge in [0, 0.05) is 0 Å². The Morgan fingerprint density at radius 2 is 1.53 bits per heavy atom. The minimum atomic E-state index is -0.0776. The van der Waals surface area contributed by atoms with E-state index in [9.17, 15) is 9.59 Å². The summed E-state index contributed by atoms with van der Waals surface area (Å²) < 4.78 is 0. The van der Waals surface area contributed by atoms with Gasteiger partial charge in [0.2, 0.25) is 11.8 Å². The normalized spacial score (nSPS) is 35.3. The number of carbonyl (C=O) groups is 2. The average molecular weight is 253 g/mol. The van der Waals surface area contributed by atoms with Crippen molar-refractivity contribution in [2.45, 2.75) is 13.0 Å². The van der Waals surface area contributed by atoms with E-state index in [4.69, 9.17) is 0 Å². The Balaban J connectivity index is 1.62. The summed E-state index contributed by atoms with van der Waals surface area (Å²) in [5.74, 6) is 0.517. The zero-order valence-electron chi connectivity index (χ0n) is 10.5. The zero-order valence-corrected chi connectivity index (χ0v) is 10.5. The highest BCUT2D eigenvalue weighted by atomic mass is 16.2. The Labute approximate surface area is 111 Å². The monoisotopic (exact) mass is 253 g/mol. The minimum Gasteiger partial charge on any atom is -0.278 e. The van der Waals surface area contributed by atoms with E-state index in [1.165, 1.54) is 4.90 Å². The van der Waals surface area contributed by atoms with Crippen LogP contribution in [-0.2, 0) is 16.1 Å². The lowest BCUT2D eigenvalue weighted by Crippen LogP contribution is -2.32. The predicted octanol–water partition coefficient (Wildman–Crippen LogP) is 1.99. The first kappa shape index (κ1) is 11.0. The lowest BCUT2D eigenvalue weighted by atomic mass is 9.85. The summed E-state index contributed by atoms with van der Waals surface area (Å²) in [6, 6.07) is 9.73. The number of nitrogens with zero attached hydrogens (tertiary/aromatic N) is 1. The smallest absolute Gasteiger partial charge is 0.234 e. The SMILES string of the molecule is O=C1C2[C@@H](C(=O)N1Cc1ccccc1)[C@@H]1C=C[C@H]2C1. The zero-order chi connectivity index (χ0) is 13.0. The highest BCUT2D eigenvalue weighted by Crippen LogP contribution is 2.52. The van der Waals surface area contributed by atoms with Crippen LogP contribution in [0.15, 0.2) is 42.5 Å². The molecule has 4 atom stereocenters. The number of carbonyl (C=O) groups excluding carboxylic acids is 2. The van der Waals surface area contributed by atoms with Crippen molar-refractivity contribution in [2.24, 2.45) is 23.7 Å². The fourth-order valence-electron chi connectivity index (χ4n) is 3.89. The van der Waals surface area contributed by atoms with Gasteiger partial charge in [0.25, 0.3) is 0 Å². The average Bonchev–Trinajstić information content (AvgIpc) is 3.10. The molecule has 1 saturated heterocycles. The van der Waals surface area contributed by atoms with Crippen molar-refractivity contribution in [2.75, 3.05) is 0 Å². The molecule has 3 nitrogen and oxygen atoms in total. The molecule has 2 bridgehead atoms. The third kappa shape index (κ3) is 1.44. The van der Waals surface area contributed by atoms with Gasteiger partial charge in [-0.2, -0.15) is 0 Å². The number of amides is 2. The van der Waals surface area contributed by atoms with Crippen LogP contribution in [0.2, 0.25) is 0 Å². The van der Waals surface area contributed by atoms with E-state index in [0.717, 1.165) is 12.0 Å². The largest absolute Gasteiger partial charge is 0.278 e. The topological polar surface area (TPSA) is 37.4 Å². The Morgan fingerprint density at radius 3 is 2.11 bits per heavy atom. The molecule has 1 aliphatic heterocycles. The number of likely N-dealkylation sites (tertiary alicyclic amines) is 1. The molecule has 1 heterocycles. The molecule has 2 fully saturated rings. The summed E-state index contributed by atoms with van der Waals surface area (Å²) in [7, 11) is 0. The third-order valence-corrected chi connectivity index (χ3v) is 4.75. The molecule has 1 aromatic carbocycles. The van der Waals surface area contributed by atoms with E-state index in [1.54, 1.807) is 0 Å². The summed E-state index contributed by atoms with van der Waals surface area (Å²) in [4.78, 5) is 26.4. The fourth-order valence-corrected chi connectivity index (χ4v) is 3.89. The van der Waals surface area contributed by atoms with Crippen molar-refractivity contribution in [1.82, 2.24) is 4.90 Å². The van der Waals surface area contributed by atoms with Gasteiger partial charge in [-0.25, -0.2) is 0 Å². The first-order chi connectivity index (χ1) is 9.25.